The number of benzene rings is 2. The minimum atomic E-state index is -4.40. The molecule has 0 radical (unpaired) electrons. The summed E-state index contributed by atoms with van der Waals surface area (Å²) in [5, 5.41) is 13.9. The Labute approximate surface area is 180 Å². The van der Waals surface area contributed by atoms with Crippen LogP contribution in [-0.4, -0.2) is 42.0 Å². The van der Waals surface area contributed by atoms with E-state index in [1.165, 1.54) is 18.6 Å². The zero-order chi connectivity index (χ0) is 22.1. The van der Waals surface area contributed by atoms with Gasteiger partial charge in [-0.25, -0.2) is 0 Å². The van der Waals surface area contributed by atoms with Crippen LogP contribution in [0.1, 0.15) is 41.5 Å². The zero-order valence-corrected chi connectivity index (χ0v) is 17.3. The molecule has 7 heteroatoms. The molecule has 1 atom stereocenters. The number of alkyl halides is 3. The van der Waals surface area contributed by atoms with Gasteiger partial charge in [-0.15, -0.1) is 0 Å². The van der Waals surface area contributed by atoms with E-state index in [0.29, 0.717) is 25.1 Å². The molecule has 0 aromatic heterocycles. The van der Waals surface area contributed by atoms with Crippen molar-refractivity contribution in [3.8, 4) is 5.75 Å². The molecular formula is C24H27F3N2O2. The minimum Gasteiger partial charge on any atom is -0.508 e. The summed E-state index contributed by atoms with van der Waals surface area (Å²) in [4.78, 5) is 16.0. The highest BCUT2D eigenvalue weighted by atomic mass is 19.4. The average Bonchev–Trinajstić information content (AvgIpc) is 2.75. The topological polar surface area (TPSA) is 52.6 Å². The summed E-state index contributed by atoms with van der Waals surface area (Å²) in [7, 11) is 0. The summed E-state index contributed by atoms with van der Waals surface area (Å²) in [5.41, 5.74) is 0.384. The zero-order valence-electron chi connectivity index (χ0n) is 17.3. The van der Waals surface area contributed by atoms with Crippen LogP contribution < -0.4 is 5.32 Å². The molecule has 2 aromatic carbocycles. The number of nitrogens with one attached hydrogen (secondary N) is 1. The van der Waals surface area contributed by atoms with Gasteiger partial charge in [-0.05, 0) is 61.7 Å². The van der Waals surface area contributed by atoms with Crippen LogP contribution in [0.25, 0.3) is 0 Å². The predicted octanol–water partition coefficient (Wildman–Crippen LogP) is 4.05. The number of Topliss-reactive ketones (excluding diaryl/α,β-unsaturated/α-hetero) is 1. The van der Waals surface area contributed by atoms with Crippen molar-refractivity contribution >= 4 is 5.78 Å². The van der Waals surface area contributed by atoms with Crippen molar-refractivity contribution in [3.63, 3.8) is 0 Å². The molecule has 166 valence electrons. The first-order chi connectivity index (χ1) is 14.8. The third-order valence-corrected chi connectivity index (χ3v) is 6.44. The van der Waals surface area contributed by atoms with Crippen molar-refractivity contribution in [1.29, 1.82) is 0 Å². The third kappa shape index (κ3) is 4.48. The first kappa shape index (κ1) is 21.8. The molecule has 1 fully saturated rings. The second-order valence-corrected chi connectivity index (χ2v) is 8.52. The van der Waals surface area contributed by atoms with Gasteiger partial charge >= 0.3 is 6.18 Å². The van der Waals surface area contributed by atoms with E-state index in [4.69, 9.17) is 0 Å². The lowest BCUT2D eigenvalue weighted by molar-refractivity contribution is -0.137. The molecule has 0 aliphatic carbocycles. The number of rotatable bonds is 5. The lowest BCUT2D eigenvalue weighted by atomic mass is 9.76. The van der Waals surface area contributed by atoms with Crippen LogP contribution in [0.15, 0.2) is 42.5 Å². The van der Waals surface area contributed by atoms with E-state index in [1.54, 1.807) is 12.1 Å². The fourth-order valence-electron chi connectivity index (χ4n) is 4.81. The number of hydrogen-bond donors (Lipinski definition) is 2. The molecule has 0 saturated carbocycles. The number of phenolic OH excluding ortho intramolecular Hbond substituents is 1. The summed E-state index contributed by atoms with van der Waals surface area (Å²) in [5.74, 6) is 0.0914. The largest absolute Gasteiger partial charge is 0.508 e. The quantitative estimate of drug-likeness (QED) is 0.749. The Balaban J connectivity index is 1.67. The van der Waals surface area contributed by atoms with Gasteiger partial charge in [0.1, 0.15) is 11.3 Å². The molecule has 0 spiro atoms. The van der Waals surface area contributed by atoms with Crippen molar-refractivity contribution in [1.82, 2.24) is 10.2 Å². The smallest absolute Gasteiger partial charge is 0.416 e. The molecule has 4 nitrogen and oxygen atoms in total. The number of likely N-dealkylation sites (tertiary alicyclic amines) is 1. The minimum absolute atomic E-state index is 0.0219. The summed E-state index contributed by atoms with van der Waals surface area (Å²) in [6.45, 7) is 2.86. The molecule has 31 heavy (non-hydrogen) atoms. The van der Waals surface area contributed by atoms with Crippen molar-refractivity contribution in [2.75, 3.05) is 26.2 Å². The van der Waals surface area contributed by atoms with E-state index < -0.39 is 17.3 Å². The Hall–Kier alpha value is -2.38. The van der Waals surface area contributed by atoms with E-state index in [9.17, 15) is 23.1 Å². The fourth-order valence-corrected chi connectivity index (χ4v) is 4.81. The number of aromatic hydroxyl groups is 1. The van der Waals surface area contributed by atoms with Crippen LogP contribution in [0.4, 0.5) is 13.2 Å². The van der Waals surface area contributed by atoms with E-state index in [-0.39, 0.29) is 18.0 Å². The summed E-state index contributed by atoms with van der Waals surface area (Å²) in [6.07, 6.45) is -0.426. The Morgan fingerprint density at radius 3 is 2.45 bits per heavy atom. The van der Waals surface area contributed by atoms with Crippen molar-refractivity contribution in [2.45, 2.75) is 43.8 Å². The number of nitrogens with zero attached hydrogens (tertiary/aromatic N) is 1. The van der Waals surface area contributed by atoms with Crippen molar-refractivity contribution in [3.05, 3.63) is 64.7 Å². The second-order valence-electron chi connectivity index (χ2n) is 8.52. The van der Waals surface area contributed by atoms with E-state index in [2.05, 4.69) is 10.2 Å². The van der Waals surface area contributed by atoms with Crippen LogP contribution in [0, 0.1) is 0 Å². The number of hydrogen-bond acceptors (Lipinski definition) is 4. The number of ketones is 1. The lowest BCUT2D eigenvalue weighted by Crippen LogP contribution is -2.60. The maximum atomic E-state index is 13.7. The predicted molar refractivity (Wildman–Crippen MR) is 112 cm³/mol. The van der Waals surface area contributed by atoms with Crippen LogP contribution in [0.2, 0.25) is 0 Å². The molecule has 0 amide bonds. The average molecular weight is 432 g/mol. The monoisotopic (exact) mass is 432 g/mol. The highest BCUT2D eigenvalue weighted by Gasteiger charge is 2.44. The normalized spacial score (nSPS) is 22.2. The number of phenols is 1. The first-order valence-electron chi connectivity index (χ1n) is 10.8. The summed E-state index contributed by atoms with van der Waals surface area (Å²) in [6, 6.07) is 10.1. The van der Waals surface area contributed by atoms with Gasteiger partial charge in [0, 0.05) is 25.1 Å². The van der Waals surface area contributed by atoms with Gasteiger partial charge in [-0.3, -0.25) is 10.1 Å². The Morgan fingerprint density at radius 2 is 1.77 bits per heavy atom. The molecule has 2 aromatic rings. The highest BCUT2D eigenvalue weighted by Crippen LogP contribution is 2.37. The molecular weight excluding hydrogens is 405 g/mol. The molecule has 2 N–H and O–H groups in total. The summed E-state index contributed by atoms with van der Waals surface area (Å²) < 4.78 is 38.7. The van der Waals surface area contributed by atoms with Gasteiger partial charge in [-0.2, -0.15) is 13.2 Å². The molecule has 2 aliphatic rings. The number of carbonyl (C=O) groups excluding carboxylic acids is 1. The molecule has 0 bridgehead atoms. The second kappa shape index (κ2) is 8.63. The van der Waals surface area contributed by atoms with Gasteiger partial charge in [0.05, 0.1) is 5.56 Å². The highest BCUT2D eigenvalue weighted by molar-refractivity contribution is 5.92. The van der Waals surface area contributed by atoms with Crippen LogP contribution in [0.3, 0.4) is 0 Å². The maximum absolute atomic E-state index is 13.7. The molecule has 2 aliphatic heterocycles. The van der Waals surface area contributed by atoms with Gasteiger partial charge in [-0.1, -0.05) is 30.7 Å². The first-order valence-corrected chi connectivity index (χ1v) is 10.8. The van der Waals surface area contributed by atoms with Gasteiger partial charge in [0.25, 0.3) is 0 Å². The van der Waals surface area contributed by atoms with Gasteiger partial charge in [0.15, 0.2) is 5.78 Å². The third-order valence-electron chi connectivity index (χ3n) is 6.44. The fraction of sp³-hybridized carbons (Fsp3) is 0.458. The Bertz CT molecular complexity index is 937. The molecule has 1 unspecified atom stereocenters. The van der Waals surface area contributed by atoms with Crippen LogP contribution in [0.5, 0.6) is 5.75 Å². The Kier molecular flexibility index (Phi) is 6.08. The number of halogens is 3. The van der Waals surface area contributed by atoms with E-state index in [0.717, 1.165) is 49.2 Å². The number of carbonyl (C=O) groups is 1. The number of piperidine rings is 1. The number of fused-ring (bicyclic) bond motifs is 1. The van der Waals surface area contributed by atoms with Crippen LogP contribution >= 0.6 is 0 Å². The van der Waals surface area contributed by atoms with E-state index in [1.807, 2.05) is 6.07 Å². The summed E-state index contributed by atoms with van der Waals surface area (Å²) >= 11 is 0. The lowest BCUT2D eigenvalue weighted by Gasteiger charge is -2.43. The Morgan fingerprint density at radius 1 is 1.06 bits per heavy atom. The SMILES string of the molecule is O=C(Cc1ccc(C(F)(F)F)cc1)C1(CN2CCCCC2)NCCc2c(O)cccc21. The maximum Gasteiger partial charge on any atom is 0.416 e. The van der Waals surface area contributed by atoms with E-state index >= 15 is 0 Å². The van der Waals surface area contributed by atoms with Crippen molar-refractivity contribution in [2.24, 2.45) is 0 Å². The van der Waals surface area contributed by atoms with Crippen molar-refractivity contribution < 1.29 is 23.1 Å². The van der Waals surface area contributed by atoms with Gasteiger partial charge in [0.2, 0.25) is 0 Å². The van der Waals surface area contributed by atoms with Crippen LogP contribution in [-0.2, 0) is 29.4 Å². The molecule has 2 heterocycles. The van der Waals surface area contributed by atoms with Gasteiger partial charge < -0.3 is 10.0 Å². The standard InChI is InChI=1S/C24H27F3N2O2/c25-24(26,27)18-9-7-17(8-10-18)15-22(31)23(16-29-13-2-1-3-14-29)20-5-4-6-21(30)19(20)11-12-28-23/h4-10,28,30H,1-3,11-16H2. The molecule has 1 saturated heterocycles. The molecule has 4 rings (SSSR count).